The molecule has 1 aromatic rings. The molecule has 0 radical (unpaired) electrons. The van der Waals surface area contributed by atoms with E-state index in [9.17, 15) is 15.0 Å². The van der Waals surface area contributed by atoms with Crippen LogP contribution >= 0.6 is 0 Å². The predicted molar refractivity (Wildman–Crippen MR) is 57.1 cm³/mol. The summed E-state index contributed by atoms with van der Waals surface area (Å²) >= 11 is 0. The van der Waals surface area contributed by atoms with Crippen molar-refractivity contribution in [2.75, 3.05) is 0 Å². The molecule has 1 fully saturated rings. The molecule has 0 aliphatic carbocycles. The highest BCUT2D eigenvalue weighted by Gasteiger charge is 2.41. The highest BCUT2D eigenvalue weighted by Crippen LogP contribution is 2.27. The molecule has 1 aliphatic heterocycles. The number of ether oxygens (including phenoxy) is 1. The van der Waals surface area contributed by atoms with Gasteiger partial charge in [-0.15, -0.1) is 0 Å². The molecular formula is C10H15N3O4. The van der Waals surface area contributed by atoms with E-state index in [0.29, 0.717) is 0 Å². The van der Waals surface area contributed by atoms with Gasteiger partial charge in [-0.2, -0.15) is 0 Å². The second-order valence-electron chi connectivity index (χ2n) is 4.16. The van der Waals surface area contributed by atoms with E-state index >= 15 is 0 Å². The number of hydrogen-bond acceptors (Lipinski definition) is 5. The molecule has 0 bridgehead atoms. The van der Waals surface area contributed by atoms with Gasteiger partial charge < -0.3 is 14.9 Å². The number of aromatic nitrogens is 2. The van der Waals surface area contributed by atoms with Crippen molar-refractivity contribution in [1.29, 1.82) is 5.41 Å². The van der Waals surface area contributed by atoms with Crippen LogP contribution in [-0.2, 0) is 11.8 Å². The van der Waals surface area contributed by atoms with Crippen molar-refractivity contribution in [1.82, 2.24) is 9.13 Å². The maximum absolute atomic E-state index is 11.9. The average Bonchev–Trinajstić information content (AvgIpc) is 2.54. The Bertz CT molecular complexity index is 535. The molecule has 2 rings (SSSR count). The van der Waals surface area contributed by atoms with Gasteiger partial charge in [-0.25, -0.2) is 4.79 Å². The lowest BCUT2D eigenvalue weighted by Gasteiger charge is -2.18. The number of nitrogens with one attached hydrogen (secondary N) is 1. The van der Waals surface area contributed by atoms with Crippen LogP contribution in [0.25, 0.3) is 0 Å². The van der Waals surface area contributed by atoms with E-state index in [1.807, 2.05) is 0 Å². The predicted octanol–water partition coefficient (Wildman–Crippen LogP) is -1.69. The summed E-state index contributed by atoms with van der Waals surface area (Å²) in [6.45, 7) is 1.62. The zero-order chi connectivity index (χ0) is 12.7. The van der Waals surface area contributed by atoms with Gasteiger partial charge in [0.15, 0.2) is 6.23 Å². The van der Waals surface area contributed by atoms with Crippen molar-refractivity contribution < 1.29 is 14.9 Å². The topological polar surface area (TPSA) is 100 Å². The molecule has 4 unspecified atom stereocenters. The first kappa shape index (κ1) is 12.0. The fourth-order valence-corrected chi connectivity index (χ4v) is 1.85. The van der Waals surface area contributed by atoms with Gasteiger partial charge in [-0.3, -0.25) is 14.5 Å². The SMILES string of the molecule is CC1OC(n2ccc(=N)n(C)c2=O)C(O)C1O. The summed E-state index contributed by atoms with van der Waals surface area (Å²) in [6.07, 6.45) is -2.25. The van der Waals surface area contributed by atoms with Crippen LogP contribution in [0.4, 0.5) is 0 Å². The Morgan fingerprint density at radius 2 is 2.06 bits per heavy atom. The van der Waals surface area contributed by atoms with Crippen molar-refractivity contribution >= 4 is 0 Å². The number of rotatable bonds is 1. The minimum atomic E-state index is -1.15. The lowest BCUT2D eigenvalue weighted by Crippen LogP contribution is -2.41. The van der Waals surface area contributed by atoms with Gasteiger partial charge in [0.2, 0.25) is 0 Å². The molecule has 0 amide bonds. The third-order valence-corrected chi connectivity index (χ3v) is 3.01. The van der Waals surface area contributed by atoms with Gasteiger partial charge in [-0.05, 0) is 13.0 Å². The summed E-state index contributed by atoms with van der Waals surface area (Å²) in [5.41, 5.74) is -0.407. The molecule has 4 atom stereocenters. The van der Waals surface area contributed by atoms with Gasteiger partial charge in [0, 0.05) is 13.2 Å². The Labute approximate surface area is 97.0 Å². The van der Waals surface area contributed by atoms with Gasteiger partial charge in [-0.1, -0.05) is 0 Å². The number of aliphatic hydroxyl groups is 2. The normalized spacial score (nSPS) is 32.9. The van der Waals surface area contributed by atoms with Crippen molar-refractivity contribution in [2.24, 2.45) is 7.05 Å². The molecule has 2 heterocycles. The van der Waals surface area contributed by atoms with Crippen LogP contribution in [0.3, 0.4) is 0 Å². The Hall–Kier alpha value is -1.44. The van der Waals surface area contributed by atoms with Crippen molar-refractivity contribution in [3.05, 3.63) is 28.2 Å². The van der Waals surface area contributed by atoms with Crippen molar-refractivity contribution in [3.8, 4) is 0 Å². The van der Waals surface area contributed by atoms with Crippen LogP contribution in [-0.4, -0.2) is 37.7 Å². The van der Waals surface area contributed by atoms with Crippen LogP contribution in [0.15, 0.2) is 17.1 Å². The van der Waals surface area contributed by atoms with Crippen LogP contribution in [0.2, 0.25) is 0 Å². The highest BCUT2D eigenvalue weighted by molar-refractivity contribution is 4.92. The molecule has 0 spiro atoms. The minimum absolute atomic E-state index is 0.0623. The second-order valence-corrected chi connectivity index (χ2v) is 4.16. The number of aliphatic hydroxyl groups excluding tert-OH is 2. The molecule has 0 saturated carbocycles. The average molecular weight is 241 g/mol. The first-order chi connectivity index (χ1) is 7.93. The molecule has 1 saturated heterocycles. The molecule has 7 nitrogen and oxygen atoms in total. The Morgan fingerprint density at radius 3 is 2.59 bits per heavy atom. The highest BCUT2D eigenvalue weighted by atomic mass is 16.6. The van der Waals surface area contributed by atoms with E-state index in [1.54, 1.807) is 6.92 Å². The van der Waals surface area contributed by atoms with E-state index in [4.69, 9.17) is 10.1 Å². The Morgan fingerprint density at radius 1 is 1.41 bits per heavy atom. The standard InChI is InChI=1S/C10H15N3O4/c1-5-7(14)8(15)9(17-5)13-4-3-6(11)12(2)10(13)16/h3-5,7-9,11,14-15H,1-2H3. The monoisotopic (exact) mass is 241 g/mol. The summed E-state index contributed by atoms with van der Waals surface area (Å²) in [7, 11) is 1.46. The van der Waals surface area contributed by atoms with Crippen molar-refractivity contribution in [2.45, 2.75) is 31.5 Å². The van der Waals surface area contributed by atoms with E-state index in [1.165, 1.54) is 23.9 Å². The minimum Gasteiger partial charge on any atom is -0.388 e. The largest absolute Gasteiger partial charge is 0.388 e. The number of hydrogen-bond donors (Lipinski definition) is 3. The van der Waals surface area contributed by atoms with Crippen LogP contribution in [0.1, 0.15) is 13.2 Å². The first-order valence-corrected chi connectivity index (χ1v) is 5.28. The quantitative estimate of drug-likeness (QED) is 0.546. The second kappa shape index (κ2) is 4.10. The van der Waals surface area contributed by atoms with E-state index < -0.39 is 30.2 Å². The lowest BCUT2D eigenvalue weighted by atomic mass is 10.1. The van der Waals surface area contributed by atoms with Crippen LogP contribution in [0.5, 0.6) is 0 Å². The summed E-state index contributed by atoms with van der Waals surface area (Å²) in [5.74, 6) is 0. The molecule has 7 heteroatoms. The molecule has 0 aromatic carbocycles. The van der Waals surface area contributed by atoms with E-state index in [-0.39, 0.29) is 5.49 Å². The van der Waals surface area contributed by atoms with Crippen molar-refractivity contribution in [3.63, 3.8) is 0 Å². The first-order valence-electron chi connectivity index (χ1n) is 5.28. The zero-order valence-electron chi connectivity index (χ0n) is 9.57. The summed E-state index contributed by atoms with van der Waals surface area (Å²) in [6, 6.07) is 1.42. The summed E-state index contributed by atoms with van der Waals surface area (Å²) in [5, 5.41) is 26.8. The fourth-order valence-electron chi connectivity index (χ4n) is 1.85. The molecule has 1 aliphatic rings. The zero-order valence-corrected chi connectivity index (χ0v) is 9.57. The smallest absolute Gasteiger partial charge is 0.331 e. The lowest BCUT2D eigenvalue weighted by molar-refractivity contribution is -0.0357. The Kier molecular flexibility index (Phi) is 2.90. The molecule has 17 heavy (non-hydrogen) atoms. The molecular weight excluding hydrogens is 226 g/mol. The summed E-state index contributed by atoms with van der Waals surface area (Å²) < 4.78 is 7.64. The van der Waals surface area contributed by atoms with E-state index in [2.05, 4.69) is 0 Å². The molecule has 3 N–H and O–H groups in total. The van der Waals surface area contributed by atoms with Gasteiger partial charge >= 0.3 is 5.69 Å². The third-order valence-electron chi connectivity index (χ3n) is 3.01. The maximum atomic E-state index is 11.9. The fraction of sp³-hybridized carbons (Fsp3) is 0.600. The van der Waals surface area contributed by atoms with E-state index in [0.717, 1.165) is 4.57 Å². The molecule has 1 aromatic heterocycles. The Balaban J connectivity index is 2.46. The summed E-state index contributed by atoms with van der Waals surface area (Å²) in [4.78, 5) is 11.9. The van der Waals surface area contributed by atoms with Gasteiger partial charge in [0.25, 0.3) is 0 Å². The van der Waals surface area contributed by atoms with Gasteiger partial charge in [0.1, 0.15) is 17.7 Å². The van der Waals surface area contributed by atoms with Crippen LogP contribution < -0.4 is 11.2 Å². The maximum Gasteiger partial charge on any atom is 0.331 e. The molecule has 94 valence electrons. The van der Waals surface area contributed by atoms with Crippen LogP contribution in [0, 0.1) is 5.41 Å². The van der Waals surface area contributed by atoms with Gasteiger partial charge in [0.05, 0.1) is 6.10 Å². The third kappa shape index (κ3) is 1.82. The number of nitrogens with zero attached hydrogens (tertiary/aromatic N) is 2.